The van der Waals surface area contributed by atoms with Crippen molar-refractivity contribution in [3.8, 4) is 6.07 Å². The maximum atomic E-state index is 11.8. The van der Waals surface area contributed by atoms with E-state index in [1.807, 2.05) is 30.3 Å². The molecule has 19 heavy (non-hydrogen) atoms. The first-order valence-corrected chi connectivity index (χ1v) is 5.72. The van der Waals surface area contributed by atoms with E-state index in [0.29, 0.717) is 12.2 Å². The molecule has 0 amide bonds. The number of hydrogen-bond donors (Lipinski definition) is 0. The predicted octanol–water partition coefficient (Wildman–Crippen LogP) is 1.10. The van der Waals surface area contributed by atoms with Gasteiger partial charge in [-0.05, 0) is 0 Å². The number of aromatic nitrogens is 2. The highest BCUT2D eigenvalue weighted by Crippen LogP contribution is 2.00. The van der Waals surface area contributed by atoms with Crippen molar-refractivity contribution in [1.29, 1.82) is 5.26 Å². The zero-order valence-electron chi connectivity index (χ0n) is 10.2. The van der Waals surface area contributed by atoms with E-state index < -0.39 is 5.97 Å². The summed E-state index contributed by atoms with van der Waals surface area (Å²) in [5, 5.41) is 8.42. The Labute approximate surface area is 110 Å². The van der Waals surface area contributed by atoms with Crippen LogP contribution < -0.4 is 4.57 Å². The standard InChI is InChI=1S/C14H12N3O2/c15-6-9-19-14(18)13-10-16-7-8-17(13)11-12-4-2-1-3-5-12/h1-5,7-8,10H,9,11H2/q+1. The number of hydrogen-bond acceptors (Lipinski definition) is 4. The number of carbonyl (C=O) groups excluding carboxylic acids is 1. The summed E-state index contributed by atoms with van der Waals surface area (Å²) >= 11 is 0. The Morgan fingerprint density at radius 2 is 2.16 bits per heavy atom. The second kappa shape index (κ2) is 6.26. The van der Waals surface area contributed by atoms with Gasteiger partial charge in [-0.2, -0.15) is 9.83 Å². The second-order valence-electron chi connectivity index (χ2n) is 3.81. The van der Waals surface area contributed by atoms with Crippen LogP contribution in [0.1, 0.15) is 16.1 Å². The first-order chi connectivity index (χ1) is 9.31. The van der Waals surface area contributed by atoms with Crippen LogP contribution in [0, 0.1) is 11.3 Å². The van der Waals surface area contributed by atoms with Crippen LogP contribution in [0.4, 0.5) is 0 Å². The summed E-state index contributed by atoms with van der Waals surface area (Å²) in [5.74, 6) is -0.550. The van der Waals surface area contributed by atoms with Crippen LogP contribution in [-0.4, -0.2) is 17.6 Å². The van der Waals surface area contributed by atoms with Gasteiger partial charge in [0.15, 0.2) is 19.3 Å². The normalized spacial score (nSPS) is 9.63. The third-order valence-corrected chi connectivity index (χ3v) is 2.51. The minimum atomic E-state index is -0.550. The van der Waals surface area contributed by atoms with Crippen LogP contribution in [0.2, 0.25) is 0 Å². The maximum absolute atomic E-state index is 11.8. The van der Waals surface area contributed by atoms with Crippen LogP contribution in [0.25, 0.3) is 0 Å². The fourth-order valence-electron chi connectivity index (χ4n) is 1.65. The van der Waals surface area contributed by atoms with Crippen LogP contribution in [-0.2, 0) is 11.3 Å². The Hall–Kier alpha value is -2.74. The van der Waals surface area contributed by atoms with Crippen molar-refractivity contribution in [2.75, 3.05) is 6.61 Å². The smallest absolute Gasteiger partial charge is 0.406 e. The number of ether oxygens (including phenoxy) is 1. The molecule has 0 aliphatic carbocycles. The summed E-state index contributed by atoms with van der Waals surface area (Å²) in [6.45, 7) is 0.277. The van der Waals surface area contributed by atoms with Gasteiger partial charge >= 0.3 is 11.7 Å². The Morgan fingerprint density at radius 1 is 1.37 bits per heavy atom. The molecule has 0 aliphatic heterocycles. The van der Waals surface area contributed by atoms with Gasteiger partial charge in [0.25, 0.3) is 0 Å². The van der Waals surface area contributed by atoms with E-state index in [0.717, 1.165) is 5.56 Å². The SMILES string of the molecule is N#CCOC(=O)c1cncc[n+]1Cc1ccccc1. The van der Waals surface area contributed by atoms with Crippen LogP contribution in [0.15, 0.2) is 48.9 Å². The molecule has 1 aromatic carbocycles. The first kappa shape index (κ1) is 12.7. The highest BCUT2D eigenvalue weighted by atomic mass is 16.5. The third-order valence-electron chi connectivity index (χ3n) is 2.51. The summed E-state index contributed by atoms with van der Waals surface area (Å²) in [5.41, 5.74) is 1.38. The summed E-state index contributed by atoms with van der Waals surface area (Å²) in [7, 11) is 0. The fourth-order valence-corrected chi connectivity index (χ4v) is 1.65. The molecule has 1 aromatic heterocycles. The molecular formula is C14H12N3O2+. The van der Waals surface area contributed by atoms with Crippen LogP contribution in [0.3, 0.4) is 0 Å². The molecule has 0 radical (unpaired) electrons. The lowest BCUT2D eigenvalue weighted by atomic mass is 10.2. The zero-order valence-corrected chi connectivity index (χ0v) is 10.2. The van der Waals surface area contributed by atoms with E-state index in [4.69, 9.17) is 10.00 Å². The van der Waals surface area contributed by atoms with Crippen molar-refractivity contribution < 1.29 is 14.1 Å². The molecule has 0 unspecified atom stereocenters. The molecule has 0 atom stereocenters. The summed E-state index contributed by atoms with van der Waals surface area (Å²) in [4.78, 5) is 15.7. The minimum Gasteiger partial charge on any atom is -0.442 e. The molecule has 0 fully saturated rings. The van der Waals surface area contributed by atoms with E-state index in [-0.39, 0.29) is 6.61 Å². The van der Waals surface area contributed by atoms with Crippen molar-refractivity contribution >= 4 is 5.97 Å². The molecule has 0 bridgehead atoms. The zero-order chi connectivity index (χ0) is 13.5. The summed E-state index contributed by atoms with van der Waals surface area (Å²) < 4.78 is 6.53. The summed E-state index contributed by atoms with van der Waals surface area (Å²) in [6, 6.07) is 11.5. The van der Waals surface area contributed by atoms with E-state index in [9.17, 15) is 4.79 Å². The van der Waals surface area contributed by atoms with Crippen molar-refractivity contribution in [2.24, 2.45) is 0 Å². The van der Waals surface area contributed by atoms with Crippen molar-refractivity contribution in [2.45, 2.75) is 6.54 Å². The van der Waals surface area contributed by atoms with E-state index in [1.54, 1.807) is 23.0 Å². The lowest BCUT2D eigenvalue weighted by Gasteiger charge is -2.02. The fraction of sp³-hybridized carbons (Fsp3) is 0.143. The number of rotatable bonds is 4. The van der Waals surface area contributed by atoms with Crippen molar-refractivity contribution in [1.82, 2.24) is 4.98 Å². The summed E-state index contributed by atoms with van der Waals surface area (Å²) in [6.07, 6.45) is 4.74. The number of carbonyl (C=O) groups is 1. The van der Waals surface area contributed by atoms with Crippen molar-refractivity contribution in [3.63, 3.8) is 0 Å². The molecule has 0 spiro atoms. The van der Waals surface area contributed by atoms with E-state index >= 15 is 0 Å². The van der Waals surface area contributed by atoms with E-state index in [2.05, 4.69) is 4.98 Å². The van der Waals surface area contributed by atoms with Gasteiger partial charge in [0.05, 0.1) is 6.20 Å². The number of benzene rings is 1. The number of esters is 1. The third kappa shape index (κ3) is 3.36. The molecular weight excluding hydrogens is 242 g/mol. The molecule has 0 saturated heterocycles. The Balaban J connectivity index is 2.22. The predicted molar refractivity (Wildman–Crippen MR) is 65.9 cm³/mol. The molecule has 2 aromatic rings. The topological polar surface area (TPSA) is 66.9 Å². The maximum Gasteiger partial charge on any atom is 0.406 e. The number of nitrogens with zero attached hydrogens (tertiary/aromatic N) is 3. The van der Waals surface area contributed by atoms with Gasteiger partial charge in [-0.25, -0.2) is 4.79 Å². The van der Waals surface area contributed by atoms with Gasteiger partial charge < -0.3 is 4.74 Å². The molecule has 1 heterocycles. The highest BCUT2D eigenvalue weighted by molar-refractivity contribution is 5.85. The average molecular weight is 254 g/mol. The first-order valence-electron chi connectivity index (χ1n) is 5.72. The quantitative estimate of drug-likeness (QED) is 0.605. The van der Waals surface area contributed by atoms with Gasteiger partial charge in [-0.15, -0.1) is 0 Å². The Kier molecular flexibility index (Phi) is 4.19. The highest BCUT2D eigenvalue weighted by Gasteiger charge is 2.20. The van der Waals surface area contributed by atoms with E-state index in [1.165, 1.54) is 6.20 Å². The lowest BCUT2D eigenvalue weighted by molar-refractivity contribution is -0.691. The molecule has 0 aliphatic rings. The van der Waals surface area contributed by atoms with Gasteiger partial charge in [-0.3, -0.25) is 4.98 Å². The monoisotopic (exact) mass is 254 g/mol. The average Bonchev–Trinajstić information content (AvgIpc) is 2.46. The minimum absolute atomic E-state index is 0.265. The van der Waals surface area contributed by atoms with Crippen LogP contribution >= 0.6 is 0 Å². The van der Waals surface area contributed by atoms with Crippen molar-refractivity contribution in [3.05, 3.63) is 60.2 Å². The van der Waals surface area contributed by atoms with Gasteiger partial charge in [0, 0.05) is 5.56 Å². The van der Waals surface area contributed by atoms with Crippen LogP contribution in [0.5, 0.6) is 0 Å². The lowest BCUT2D eigenvalue weighted by Crippen LogP contribution is -2.41. The Bertz CT molecular complexity index is 606. The van der Waals surface area contributed by atoms with Gasteiger partial charge in [-0.1, -0.05) is 30.3 Å². The largest absolute Gasteiger partial charge is 0.442 e. The molecule has 0 N–H and O–H groups in total. The number of nitriles is 1. The van der Waals surface area contributed by atoms with Gasteiger partial charge in [0.1, 0.15) is 12.3 Å². The molecule has 2 rings (SSSR count). The molecule has 5 heteroatoms. The molecule has 0 saturated carbocycles. The molecule has 5 nitrogen and oxygen atoms in total. The Morgan fingerprint density at radius 3 is 2.89 bits per heavy atom. The van der Waals surface area contributed by atoms with Gasteiger partial charge in [0.2, 0.25) is 0 Å². The second-order valence-corrected chi connectivity index (χ2v) is 3.81. The molecule has 94 valence electrons.